The molecule has 0 amide bonds. The van der Waals surface area contributed by atoms with E-state index < -0.39 is 0 Å². The number of aliphatic hydroxyl groups is 1. The molecule has 0 spiro atoms. The van der Waals surface area contributed by atoms with Crippen LogP contribution in [-0.2, 0) is 4.74 Å². The van der Waals surface area contributed by atoms with Crippen molar-refractivity contribution in [2.45, 2.75) is 45.1 Å². The Balaban J connectivity index is 1.98. The lowest BCUT2D eigenvalue weighted by Gasteiger charge is -2.21. The topological polar surface area (TPSA) is 29.5 Å². The van der Waals surface area contributed by atoms with Crippen LogP contribution in [0.1, 0.15) is 39.0 Å². The molecule has 1 N–H and O–H groups in total. The molecule has 0 aromatic heterocycles. The van der Waals surface area contributed by atoms with Crippen molar-refractivity contribution in [2.24, 2.45) is 5.92 Å². The highest BCUT2D eigenvalue weighted by molar-refractivity contribution is 4.64. The third kappa shape index (κ3) is 4.07. The fraction of sp³-hybridized carbons (Fsp3) is 1.00. The van der Waals surface area contributed by atoms with E-state index in [9.17, 15) is 0 Å². The fourth-order valence-electron chi connectivity index (χ4n) is 1.76. The number of aliphatic hydroxyl groups excluding tert-OH is 1. The van der Waals surface area contributed by atoms with Gasteiger partial charge in [0.2, 0.25) is 0 Å². The zero-order valence-corrected chi connectivity index (χ0v) is 7.96. The SMILES string of the molecule is C[C@@H](O)COCC1CCCCC1. The van der Waals surface area contributed by atoms with Gasteiger partial charge in [0.1, 0.15) is 0 Å². The standard InChI is InChI=1S/C10H20O2/c1-9(11)7-12-8-10-5-3-2-4-6-10/h9-11H,2-8H2,1H3/t9-/m1/s1. The first-order valence-electron chi connectivity index (χ1n) is 5.05. The first-order valence-corrected chi connectivity index (χ1v) is 5.05. The van der Waals surface area contributed by atoms with Crippen molar-refractivity contribution >= 4 is 0 Å². The molecule has 0 radical (unpaired) electrons. The van der Waals surface area contributed by atoms with Crippen molar-refractivity contribution in [1.29, 1.82) is 0 Å². The summed E-state index contributed by atoms with van der Waals surface area (Å²) in [5, 5.41) is 8.96. The fourth-order valence-corrected chi connectivity index (χ4v) is 1.76. The lowest BCUT2D eigenvalue weighted by molar-refractivity contribution is 0.0230. The molecule has 12 heavy (non-hydrogen) atoms. The minimum Gasteiger partial charge on any atom is -0.391 e. The third-order valence-corrected chi connectivity index (χ3v) is 2.44. The Hall–Kier alpha value is -0.0800. The number of hydrogen-bond donors (Lipinski definition) is 1. The molecule has 72 valence electrons. The molecule has 1 atom stereocenters. The van der Waals surface area contributed by atoms with Crippen molar-refractivity contribution in [3.8, 4) is 0 Å². The van der Waals surface area contributed by atoms with Crippen molar-refractivity contribution in [1.82, 2.24) is 0 Å². The normalized spacial score (nSPS) is 22.5. The second-order valence-electron chi connectivity index (χ2n) is 3.89. The van der Waals surface area contributed by atoms with Gasteiger partial charge >= 0.3 is 0 Å². The van der Waals surface area contributed by atoms with Crippen LogP contribution >= 0.6 is 0 Å². The number of hydrogen-bond acceptors (Lipinski definition) is 2. The summed E-state index contributed by atoms with van der Waals surface area (Å²) in [7, 11) is 0. The quantitative estimate of drug-likeness (QED) is 0.702. The van der Waals surface area contributed by atoms with Crippen molar-refractivity contribution in [3.05, 3.63) is 0 Å². The lowest BCUT2D eigenvalue weighted by atomic mass is 9.90. The van der Waals surface area contributed by atoms with Gasteiger partial charge in [-0.1, -0.05) is 19.3 Å². The summed E-state index contributed by atoms with van der Waals surface area (Å²) in [6, 6.07) is 0. The maximum atomic E-state index is 8.96. The summed E-state index contributed by atoms with van der Waals surface area (Å²) in [6.07, 6.45) is 6.45. The van der Waals surface area contributed by atoms with Crippen LogP contribution in [0.25, 0.3) is 0 Å². The van der Waals surface area contributed by atoms with Gasteiger partial charge in [-0.25, -0.2) is 0 Å². The Morgan fingerprint density at radius 2 is 2.00 bits per heavy atom. The Morgan fingerprint density at radius 3 is 2.58 bits per heavy atom. The van der Waals surface area contributed by atoms with Crippen LogP contribution in [0.15, 0.2) is 0 Å². The van der Waals surface area contributed by atoms with E-state index >= 15 is 0 Å². The predicted octanol–water partition coefficient (Wildman–Crippen LogP) is 1.96. The zero-order chi connectivity index (χ0) is 8.81. The minimum absolute atomic E-state index is 0.311. The van der Waals surface area contributed by atoms with Crippen molar-refractivity contribution in [3.63, 3.8) is 0 Å². The number of rotatable bonds is 4. The molecule has 0 aromatic rings. The zero-order valence-electron chi connectivity index (χ0n) is 7.96. The molecule has 1 aliphatic carbocycles. The monoisotopic (exact) mass is 172 g/mol. The van der Waals surface area contributed by atoms with E-state index in [4.69, 9.17) is 9.84 Å². The maximum absolute atomic E-state index is 8.96. The van der Waals surface area contributed by atoms with Crippen LogP contribution in [0.5, 0.6) is 0 Å². The second-order valence-corrected chi connectivity index (χ2v) is 3.89. The van der Waals surface area contributed by atoms with Gasteiger partial charge in [0, 0.05) is 6.61 Å². The van der Waals surface area contributed by atoms with Gasteiger partial charge in [-0.3, -0.25) is 0 Å². The molecule has 2 nitrogen and oxygen atoms in total. The average Bonchev–Trinajstić information content (AvgIpc) is 2.05. The molecule has 0 aliphatic heterocycles. The van der Waals surface area contributed by atoms with Crippen LogP contribution in [-0.4, -0.2) is 24.4 Å². The van der Waals surface area contributed by atoms with Crippen LogP contribution in [0.4, 0.5) is 0 Å². The second kappa shape index (κ2) is 5.55. The van der Waals surface area contributed by atoms with E-state index in [1.54, 1.807) is 6.92 Å². The summed E-state index contributed by atoms with van der Waals surface area (Å²) in [6.45, 7) is 3.11. The van der Waals surface area contributed by atoms with E-state index in [1.165, 1.54) is 32.1 Å². The van der Waals surface area contributed by atoms with Crippen molar-refractivity contribution in [2.75, 3.05) is 13.2 Å². The Kier molecular flexibility index (Phi) is 4.62. The summed E-state index contributed by atoms with van der Waals surface area (Å²) in [4.78, 5) is 0. The van der Waals surface area contributed by atoms with Gasteiger partial charge in [0.25, 0.3) is 0 Å². The average molecular weight is 172 g/mol. The molecule has 0 unspecified atom stereocenters. The molecule has 0 bridgehead atoms. The van der Waals surface area contributed by atoms with Gasteiger partial charge < -0.3 is 9.84 Å². The van der Waals surface area contributed by atoms with E-state index in [-0.39, 0.29) is 6.10 Å². The largest absolute Gasteiger partial charge is 0.391 e. The van der Waals surface area contributed by atoms with Crippen LogP contribution in [0.3, 0.4) is 0 Å². The van der Waals surface area contributed by atoms with Gasteiger partial charge in [-0.2, -0.15) is 0 Å². The highest BCUT2D eigenvalue weighted by atomic mass is 16.5. The van der Waals surface area contributed by atoms with Crippen LogP contribution in [0.2, 0.25) is 0 Å². The highest BCUT2D eigenvalue weighted by Gasteiger charge is 2.13. The third-order valence-electron chi connectivity index (χ3n) is 2.44. The highest BCUT2D eigenvalue weighted by Crippen LogP contribution is 2.23. The first kappa shape index (κ1) is 10.0. The van der Waals surface area contributed by atoms with Gasteiger partial charge in [0.05, 0.1) is 12.7 Å². The van der Waals surface area contributed by atoms with E-state index in [2.05, 4.69) is 0 Å². The van der Waals surface area contributed by atoms with Gasteiger partial charge in [0.15, 0.2) is 0 Å². The molecule has 1 rings (SSSR count). The Bertz CT molecular complexity index is 106. The summed E-state index contributed by atoms with van der Waals surface area (Å²) in [5.74, 6) is 0.762. The van der Waals surface area contributed by atoms with Crippen LogP contribution in [0, 0.1) is 5.92 Å². The van der Waals surface area contributed by atoms with Crippen LogP contribution < -0.4 is 0 Å². The Labute approximate surface area is 74.9 Å². The van der Waals surface area contributed by atoms with Gasteiger partial charge in [-0.15, -0.1) is 0 Å². The van der Waals surface area contributed by atoms with E-state index in [0.717, 1.165) is 12.5 Å². The molecule has 1 saturated carbocycles. The molecular formula is C10H20O2. The molecular weight excluding hydrogens is 152 g/mol. The molecule has 1 fully saturated rings. The predicted molar refractivity (Wildman–Crippen MR) is 49.1 cm³/mol. The summed E-state index contributed by atoms with van der Waals surface area (Å²) >= 11 is 0. The van der Waals surface area contributed by atoms with E-state index in [1.807, 2.05) is 0 Å². The van der Waals surface area contributed by atoms with E-state index in [0.29, 0.717) is 6.61 Å². The summed E-state index contributed by atoms with van der Waals surface area (Å²) in [5.41, 5.74) is 0. The molecule has 0 saturated heterocycles. The molecule has 0 heterocycles. The molecule has 1 aliphatic rings. The molecule has 0 aromatic carbocycles. The minimum atomic E-state index is -0.311. The smallest absolute Gasteiger partial charge is 0.0745 e. The van der Waals surface area contributed by atoms with Gasteiger partial charge in [-0.05, 0) is 25.7 Å². The lowest BCUT2D eigenvalue weighted by Crippen LogP contribution is -2.17. The summed E-state index contributed by atoms with van der Waals surface area (Å²) < 4.78 is 5.38. The van der Waals surface area contributed by atoms with Crippen molar-refractivity contribution < 1.29 is 9.84 Å². The molecule has 2 heteroatoms. The maximum Gasteiger partial charge on any atom is 0.0745 e. The number of ether oxygens (including phenoxy) is 1. The Morgan fingerprint density at radius 1 is 1.33 bits per heavy atom. The first-order chi connectivity index (χ1) is 5.79.